The Balaban J connectivity index is 1.25. The Labute approximate surface area is 308 Å². The summed E-state index contributed by atoms with van der Waals surface area (Å²) in [4.78, 5) is 33.7. The molecule has 0 aromatic rings. The van der Waals surface area contributed by atoms with Gasteiger partial charge in [0.2, 0.25) is 0 Å². The van der Waals surface area contributed by atoms with Gasteiger partial charge in [0, 0.05) is 62.1 Å². The number of alkyl halides is 2. The highest BCUT2D eigenvalue weighted by atomic mass is 19.1. The summed E-state index contributed by atoms with van der Waals surface area (Å²) < 4.78 is 51.7. The van der Waals surface area contributed by atoms with Crippen LogP contribution in [0.25, 0.3) is 0 Å². The quantitative estimate of drug-likeness (QED) is 0.335. The minimum atomic E-state index is -1.38. The molecule has 5 heterocycles. The number of piperazine rings is 1. The number of nitrogens with one attached hydrogen (secondary N) is 3. The lowest BCUT2D eigenvalue weighted by Gasteiger charge is -2.61. The first-order valence-electron chi connectivity index (χ1n) is 20.2. The van der Waals surface area contributed by atoms with Gasteiger partial charge in [0.1, 0.15) is 24.0 Å². The molecule has 12 nitrogen and oxygen atoms in total. The van der Waals surface area contributed by atoms with Crippen molar-refractivity contribution in [3.05, 3.63) is 0 Å². The summed E-state index contributed by atoms with van der Waals surface area (Å²) in [7, 11) is 0. The molecule has 7 aliphatic rings. The van der Waals surface area contributed by atoms with Crippen molar-refractivity contribution in [2.45, 2.75) is 159 Å². The van der Waals surface area contributed by atoms with Crippen LogP contribution in [0, 0.1) is 29.6 Å². The Bertz CT molecular complexity index is 1270. The molecule has 7 rings (SSSR count). The van der Waals surface area contributed by atoms with Crippen molar-refractivity contribution < 1.29 is 37.7 Å². The van der Waals surface area contributed by atoms with E-state index in [4.69, 9.17) is 14.2 Å². The van der Waals surface area contributed by atoms with E-state index in [2.05, 4.69) is 34.7 Å². The van der Waals surface area contributed by atoms with Crippen LogP contribution >= 0.6 is 0 Å². The Morgan fingerprint density at radius 1 is 1.06 bits per heavy atom. The molecule has 0 aromatic carbocycles. The highest BCUT2D eigenvalue weighted by molar-refractivity contribution is 5.77. The maximum Gasteiger partial charge on any atom is 0.410 e. The van der Waals surface area contributed by atoms with Crippen LogP contribution in [0.2, 0.25) is 0 Å². The largest absolute Gasteiger partial charge is 0.444 e. The highest BCUT2D eigenvalue weighted by Gasteiger charge is 2.59. The third-order valence-corrected chi connectivity index (χ3v) is 13.0. The summed E-state index contributed by atoms with van der Waals surface area (Å²) >= 11 is 0. The van der Waals surface area contributed by atoms with E-state index < -0.39 is 66.6 Å². The van der Waals surface area contributed by atoms with E-state index >= 15 is 8.78 Å². The molecule has 2 aliphatic carbocycles. The number of halogens is 2. The van der Waals surface area contributed by atoms with Gasteiger partial charge in [0.15, 0.2) is 0 Å². The summed E-state index contributed by atoms with van der Waals surface area (Å²) in [6, 6.07) is -1.78. The van der Waals surface area contributed by atoms with Crippen molar-refractivity contribution in [3.8, 4) is 0 Å². The van der Waals surface area contributed by atoms with Crippen LogP contribution < -0.4 is 16.0 Å². The number of fused-ring (bicyclic) bond motifs is 5. The van der Waals surface area contributed by atoms with E-state index in [9.17, 15) is 14.7 Å². The number of hydrogen-bond acceptors (Lipinski definition) is 9. The van der Waals surface area contributed by atoms with E-state index in [0.717, 1.165) is 12.8 Å². The number of carbonyl (C=O) groups is 2. The average molecular weight is 739 g/mol. The van der Waals surface area contributed by atoms with E-state index in [-0.39, 0.29) is 55.0 Å². The van der Waals surface area contributed by atoms with Crippen molar-refractivity contribution >= 4 is 12.1 Å². The average Bonchev–Trinajstić information content (AvgIpc) is 3.91. The van der Waals surface area contributed by atoms with Crippen LogP contribution in [0.3, 0.4) is 0 Å². The van der Waals surface area contributed by atoms with Gasteiger partial charge in [-0.2, -0.15) is 0 Å². The fourth-order valence-electron chi connectivity index (χ4n) is 10.4. The molecular weight excluding hydrogens is 674 g/mol. The number of carbonyl (C=O) groups excluding carboxylic acids is 2. The van der Waals surface area contributed by atoms with Gasteiger partial charge in [0.25, 0.3) is 0 Å². The van der Waals surface area contributed by atoms with E-state index in [1.165, 1.54) is 0 Å². The van der Waals surface area contributed by atoms with Gasteiger partial charge in [-0.25, -0.2) is 18.4 Å². The molecule has 296 valence electrons. The molecule has 5 aliphatic heterocycles. The van der Waals surface area contributed by atoms with Crippen LogP contribution in [-0.2, 0) is 14.2 Å². The molecule has 0 spiro atoms. The molecule has 2 saturated carbocycles. The maximum absolute atomic E-state index is 16.9. The van der Waals surface area contributed by atoms with Crippen LogP contribution in [0.1, 0.15) is 86.5 Å². The maximum atomic E-state index is 16.9. The third kappa shape index (κ3) is 7.80. The number of nitrogens with zero attached hydrogens (tertiary/aromatic N) is 3. The van der Waals surface area contributed by atoms with Gasteiger partial charge in [0.05, 0.1) is 37.2 Å². The topological polar surface area (TPSA) is 128 Å². The summed E-state index contributed by atoms with van der Waals surface area (Å²) in [6.45, 7) is 14.4. The molecule has 0 aromatic heterocycles. The molecule has 14 heteroatoms. The predicted octanol–water partition coefficient (Wildman–Crippen LogP) is 3.62. The molecule has 5 saturated heterocycles. The van der Waals surface area contributed by atoms with E-state index in [1.807, 2.05) is 32.6 Å². The molecule has 3 amide bonds. The Morgan fingerprint density at radius 2 is 1.83 bits per heavy atom. The summed E-state index contributed by atoms with van der Waals surface area (Å²) in [5.41, 5.74) is -0.620. The predicted molar refractivity (Wildman–Crippen MR) is 191 cm³/mol. The van der Waals surface area contributed by atoms with Crippen LogP contribution in [0.4, 0.5) is 18.4 Å². The van der Waals surface area contributed by atoms with Gasteiger partial charge in [-0.05, 0) is 91.0 Å². The molecular formula is C38H64F2N6O6. The van der Waals surface area contributed by atoms with Crippen LogP contribution in [0.5, 0.6) is 0 Å². The normalized spacial score (nSPS) is 43.5. The number of hydrogen-bond donors (Lipinski definition) is 4. The molecule has 13 unspecified atom stereocenters. The minimum absolute atomic E-state index is 0.0244. The Hall–Kier alpha value is -1.84. The molecule has 14 atom stereocenters. The lowest BCUT2D eigenvalue weighted by Crippen LogP contribution is -2.80. The van der Waals surface area contributed by atoms with Crippen LogP contribution in [-0.4, -0.2) is 144 Å². The van der Waals surface area contributed by atoms with Crippen LogP contribution in [0.15, 0.2) is 0 Å². The van der Waals surface area contributed by atoms with Gasteiger partial charge < -0.3 is 39.8 Å². The number of aliphatic hydroxyl groups excluding tert-OH is 1. The smallest absolute Gasteiger partial charge is 0.410 e. The van der Waals surface area contributed by atoms with Crippen molar-refractivity contribution in [2.75, 3.05) is 39.4 Å². The van der Waals surface area contributed by atoms with Crippen molar-refractivity contribution in [2.24, 2.45) is 29.6 Å². The third-order valence-electron chi connectivity index (χ3n) is 13.0. The van der Waals surface area contributed by atoms with E-state index in [0.29, 0.717) is 64.4 Å². The molecule has 52 heavy (non-hydrogen) atoms. The number of aliphatic hydroxyl groups is 1. The van der Waals surface area contributed by atoms with Gasteiger partial charge in [-0.3, -0.25) is 10.2 Å². The minimum Gasteiger partial charge on any atom is -0.444 e. The lowest BCUT2D eigenvalue weighted by atomic mass is 9.71. The monoisotopic (exact) mass is 738 g/mol. The number of ether oxygens (including phenoxy) is 3. The standard InChI is InChI=1S/C38H64F2N6O6/c1-20(2)30-32-23(12-13-41-30)33(51-18-22-10-11-22)27(47)19-50-28-9-7-8-25(39)29(28)31-26(40)16-24-34(43-36(48)46(32)35(24)42-31)45-15-14-44(17-21(45)3)37(49)52-38(4,5)6/h20-35,41-42,47H,7-19H2,1-6H3,(H,43,48)/t21-,23?,24?,25?,26?,27?,28?,29?,30?,31?,32?,33?,34?,35?/m0/s1. The number of rotatable bonds is 5. The fourth-order valence-corrected chi connectivity index (χ4v) is 10.4. The molecule has 7 fully saturated rings. The number of amides is 3. The first-order chi connectivity index (χ1) is 24.7. The molecule has 2 bridgehead atoms. The van der Waals surface area contributed by atoms with Gasteiger partial charge in [-0.1, -0.05) is 13.8 Å². The van der Waals surface area contributed by atoms with Gasteiger partial charge >= 0.3 is 12.1 Å². The van der Waals surface area contributed by atoms with Crippen molar-refractivity contribution in [1.82, 2.24) is 30.7 Å². The number of urea groups is 1. The second-order valence-electron chi connectivity index (χ2n) is 18.2. The zero-order valence-corrected chi connectivity index (χ0v) is 32.0. The first kappa shape index (κ1) is 38.4. The van der Waals surface area contributed by atoms with E-state index in [1.54, 1.807) is 4.90 Å². The zero-order chi connectivity index (χ0) is 37.1. The lowest BCUT2D eigenvalue weighted by molar-refractivity contribution is -0.167. The zero-order valence-electron chi connectivity index (χ0n) is 32.0. The summed E-state index contributed by atoms with van der Waals surface area (Å²) in [5, 5.41) is 22.6. The second-order valence-corrected chi connectivity index (χ2v) is 18.2. The second kappa shape index (κ2) is 15.4. The SMILES string of the molecule is CC(C)C1NCCC2C(OCC3CC3)C(O)COC3CCCC(F)C3C3NC4C(CC3F)C(N3CCN(C(=O)OC(C)(C)C)C[C@@H]3C)NC(=O)N4C21. The highest BCUT2D eigenvalue weighted by Crippen LogP contribution is 2.44. The van der Waals surface area contributed by atoms with Gasteiger partial charge in [-0.15, -0.1) is 0 Å². The number of piperidine rings is 2. The summed E-state index contributed by atoms with van der Waals surface area (Å²) in [5.74, 6) is -0.757. The Morgan fingerprint density at radius 3 is 2.52 bits per heavy atom. The molecule has 4 N–H and O–H groups in total. The Kier molecular flexibility index (Phi) is 11.4. The molecule has 0 radical (unpaired) electrons. The first-order valence-corrected chi connectivity index (χ1v) is 20.2. The fraction of sp³-hybridized carbons (Fsp3) is 0.947. The van der Waals surface area contributed by atoms with Crippen molar-refractivity contribution in [1.29, 1.82) is 0 Å². The summed E-state index contributed by atoms with van der Waals surface area (Å²) in [6.07, 6.45) is -1.70. The van der Waals surface area contributed by atoms with Crippen molar-refractivity contribution in [3.63, 3.8) is 0 Å².